The first-order chi connectivity index (χ1) is 4.86. The molecule has 0 saturated carbocycles. The molecule has 0 atom stereocenters. The van der Waals surface area contributed by atoms with E-state index in [4.69, 9.17) is 12.2 Å². The maximum Gasteiger partial charge on any atom is 0.139 e. The van der Waals surface area contributed by atoms with Gasteiger partial charge in [-0.3, -0.25) is 0 Å². The lowest BCUT2D eigenvalue weighted by Crippen LogP contribution is -2.20. The second-order valence-corrected chi connectivity index (χ2v) is 4.84. The Kier molecular flexibility index (Phi) is 1.68. The maximum absolute atomic E-state index is 5.01. The molecule has 1 aromatic heterocycles. The molecule has 0 aliphatic carbocycles. The summed E-state index contributed by atoms with van der Waals surface area (Å²) in [7, 11) is 0. The van der Waals surface area contributed by atoms with Gasteiger partial charge in [0.25, 0.3) is 0 Å². The first-order valence-corrected chi connectivity index (χ1v) is 4.99. The van der Waals surface area contributed by atoms with Crippen molar-refractivity contribution in [3.05, 3.63) is 17.0 Å². The van der Waals surface area contributed by atoms with Crippen LogP contribution in [0.2, 0.25) is 0 Å². The third-order valence-corrected chi connectivity index (χ3v) is 3.77. The number of thiophene rings is 1. The molecule has 0 amide bonds. The Balaban J connectivity index is 2.39. The normalized spacial score (nSPS) is 16.2. The highest BCUT2D eigenvalue weighted by atomic mass is 32.2. The number of fused-ring (bicyclic) bond motifs is 1. The molecule has 2 rings (SSSR count). The average Bonchev–Trinajstić information content (AvgIpc) is 2.33. The molecular weight excluding hydrogens is 182 g/mol. The molecule has 0 fully saturated rings. The molecule has 0 radical (unpaired) electrons. The fourth-order valence-corrected chi connectivity index (χ4v) is 3.15. The van der Waals surface area contributed by atoms with Crippen LogP contribution in [-0.4, -0.2) is 4.32 Å². The summed E-state index contributed by atoms with van der Waals surface area (Å²) in [4.78, 5) is 0. The van der Waals surface area contributed by atoms with Crippen molar-refractivity contribution in [3.8, 4) is 0 Å². The van der Waals surface area contributed by atoms with Crippen LogP contribution in [0.5, 0.6) is 0 Å². The third-order valence-electron chi connectivity index (χ3n) is 1.32. The Labute approximate surface area is 72.8 Å². The van der Waals surface area contributed by atoms with E-state index in [2.05, 4.69) is 16.8 Å². The van der Waals surface area contributed by atoms with Gasteiger partial charge >= 0.3 is 0 Å². The van der Waals surface area contributed by atoms with Crippen LogP contribution in [-0.2, 0) is 6.54 Å². The number of thioether (sulfide) groups is 1. The van der Waals surface area contributed by atoms with Gasteiger partial charge < -0.3 is 5.32 Å². The van der Waals surface area contributed by atoms with Crippen LogP contribution < -0.4 is 5.32 Å². The van der Waals surface area contributed by atoms with Crippen LogP contribution in [0.15, 0.2) is 15.7 Å². The molecule has 1 nitrogen and oxygen atoms in total. The van der Waals surface area contributed by atoms with E-state index in [1.54, 1.807) is 23.1 Å². The van der Waals surface area contributed by atoms with E-state index in [1.165, 1.54) is 9.77 Å². The number of rotatable bonds is 0. The number of thiocarbonyl (C=S) groups is 1. The second kappa shape index (κ2) is 2.53. The highest BCUT2D eigenvalue weighted by Crippen LogP contribution is 2.32. The Morgan fingerprint density at radius 1 is 1.60 bits per heavy atom. The SMILES string of the molecule is S=C1NCc2ccsc2S1. The van der Waals surface area contributed by atoms with E-state index >= 15 is 0 Å². The van der Waals surface area contributed by atoms with E-state index in [0.29, 0.717) is 0 Å². The van der Waals surface area contributed by atoms with Crippen LogP contribution in [0.25, 0.3) is 0 Å². The van der Waals surface area contributed by atoms with Crippen molar-refractivity contribution >= 4 is 39.6 Å². The molecule has 0 aromatic carbocycles. The lowest BCUT2D eigenvalue weighted by atomic mass is 10.3. The molecule has 1 aromatic rings. The predicted molar refractivity (Wildman–Crippen MR) is 49.6 cm³/mol. The molecule has 10 heavy (non-hydrogen) atoms. The number of hydrogen-bond donors (Lipinski definition) is 1. The fraction of sp³-hybridized carbons (Fsp3) is 0.167. The van der Waals surface area contributed by atoms with Gasteiger partial charge in [0.15, 0.2) is 0 Å². The minimum absolute atomic E-state index is 0.898. The lowest BCUT2D eigenvalue weighted by molar-refractivity contribution is 0.919. The minimum atomic E-state index is 0.898. The number of nitrogens with one attached hydrogen (secondary N) is 1. The molecule has 1 aliphatic heterocycles. The molecule has 0 unspecified atom stereocenters. The van der Waals surface area contributed by atoms with Crippen molar-refractivity contribution in [3.63, 3.8) is 0 Å². The summed E-state index contributed by atoms with van der Waals surface area (Å²) in [5.41, 5.74) is 1.38. The van der Waals surface area contributed by atoms with Crippen molar-refractivity contribution in [1.29, 1.82) is 0 Å². The van der Waals surface area contributed by atoms with E-state index in [-0.39, 0.29) is 0 Å². The summed E-state index contributed by atoms with van der Waals surface area (Å²) < 4.78 is 2.25. The van der Waals surface area contributed by atoms with Crippen LogP contribution in [0.4, 0.5) is 0 Å². The molecule has 0 spiro atoms. The molecule has 4 heteroatoms. The summed E-state index contributed by atoms with van der Waals surface area (Å²) in [5.74, 6) is 0. The smallest absolute Gasteiger partial charge is 0.139 e. The van der Waals surface area contributed by atoms with Gasteiger partial charge in [0, 0.05) is 6.54 Å². The average molecular weight is 187 g/mol. The molecule has 2 heterocycles. The Morgan fingerprint density at radius 2 is 2.50 bits per heavy atom. The van der Waals surface area contributed by atoms with Crippen molar-refractivity contribution in [2.45, 2.75) is 10.8 Å². The van der Waals surface area contributed by atoms with E-state index < -0.39 is 0 Å². The zero-order valence-electron chi connectivity index (χ0n) is 5.09. The van der Waals surface area contributed by atoms with Gasteiger partial charge in [0.1, 0.15) is 4.32 Å². The quantitative estimate of drug-likeness (QED) is 0.626. The molecular formula is C6H5NS3. The van der Waals surface area contributed by atoms with Gasteiger partial charge in [-0.25, -0.2) is 0 Å². The van der Waals surface area contributed by atoms with Crippen LogP contribution in [0, 0.1) is 0 Å². The standard InChI is InChI=1S/C6H5NS3/c8-6-7-3-4-1-2-9-5(4)10-6/h1-2H,3H2,(H,7,8). The Bertz CT molecular complexity index is 266. The minimum Gasteiger partial charge on any atom is -0.367 e. The van der Waals surface area contributed by atoms with Gasteiger partial charge in [-0.1, -0.05) is 12.2 Å². The molecule has 1 aliphatic rings. The second-order valence-electron chi connectivity index (χ2n) is 1.98. The third kappa shape index (κ3) is 1.07. The molecule has 1 N–H and O–H groups in total. The fourth-order valence-electron chi connectivity index (χ4n) is 0.830. The Hall–Kier alpha value is -0.0600. The zero-order chi connectivity index (χ0) is 6.97. The van der Waals surface area contributed by atoms with Gasteiger partial charge in [0.2, 0.25) is 0 Å². The number of hydrogen-bond acceptors (Lipinski definition) is 3. The summed E-state index contributed by atoms with van der Waals surface area (Å²) in [6, 6.07) is 2.14. The van der Waals surface area contributed by atoms with Crippen molar-refractivity contribution in [2.75, 3.05) is 0 Å². The summed E-state index contributed by atoms with van der Waals surface area (Å²) in [6.07, 6.45) is 0. The molecule has 0 bridgehead atoms. The highest BCUT2D eigenvalue weighted by molar-refractivity contribution is 8.24. The Morgan fingerprint density at radius 3 is 3.40 bits per heavy atom. The topological polar surface area (TPSA) is 12.0 Å². The van der Waals surface area contributed by atoms with Gasteiger partial charge in [-0.05, 0) is 28.8 Å². The van der Waals surface area contributed by atoms with Gasteiger partial charge in [-0.2, -0.15) is 0 Å². The van der Waals surface area contributed by atoms with E-state index in [0.717, 1.165) is 10.9 Å². The maximum atomic E-state index is 5.01. The summed E-state index contributed by atoms with van der Waals surface area (Å²) in [6.45, 7) is 0.907. The summed E-state index contributed by atoms with van der Waals surface area (Å²) >= 11 is 8.43. The highest BCUT2D eigenvalue weighted by Gasteiger charge is 2.12. The predicted octanol–water partition coefficient (Wildman–Crippen LogP) is 2.23. The monoisotopic (exact) mass is 187 g/mol. The van der Waals surface area contributed by atoms with E-state index in [9.17, 15) is 0 Å². The van der Waals surface area contributed by atoms with Crippen molar-refractivity contribution in [1.82, 2.24) is 5.32 Å². The van der Waals surface area contributed by atoms with Gasteiger partial charge in [-0.15, -0.1) is 11.3 Å². The first-order valence-electron chi connectivity index (χ1n) is 2.88. The molecule has 52 valence electrons. The van der Waals surface area contributed by atoms with Crippen LogP contribution >= 0.6 is 35.3 Å². The van der Waals surface area contributed by atoms with Gasteiger partial charge in [0.05, 0.1) is 4.21 Å². The largest absolute Gasteiger partial charge is 0.367 e. The van der Waals surface area contributed by atoms with Crippen LogP contribution in [0.3, 0.4) is 0 Å². The lowest BCUT2D eigenvalue weighted by Gasteiger charge is -2.12. The van der Waals surface area contributed by atoms with E-state index in [1.807, 2.05) is 0 Å². The first kappa shape index (κ1) is 6.64. The summed E-state index contributed by atoms with van der Waals surface area (Å²) in [5, 5.41) is 5.23. The van der Waals surface area contributed by atoms with Crippen LogP contribution in [0.1, 0.15) is 5.56 Å². The zero-order valence-corrected chi connectivity index (χ0v) is 7.54. The van der Waals surface area contributed by atoms with Crippen molar-refractivity contribution < 1.29 is 0 Å². The molecule has 0 saturated heterocycles. The van der Waals surface area contributed by atoms with Crippen molar-refractivity contribution in [2.24, 2.45) is 0 Å².